The molecule has 0 spiro atoms. The first kappa shape index (κ1) is 18.9. The quantitative estimate of drug-likeness (QED) is 0.660. The summed E-state index contributed by atoms with van der Waals surface area (Å²) >= 11 is 1.24. The number of aromatic amines is 1. The van der Waals surface area contributed by atoms with E-state index >= 15 is 0 Å². The third-order valence-corrected chi connectivity index (χ3v) is 4.22. The SMILES string of the molecule is CC(C)n1cc(NC(=O)c2csc(-c3cn[nH]c3)n2)c(OCC(F)(F)F)n1. The zero-order valence-corrected chi connectivity index (χ0v) is 15.1. The van der Waals surface area contributed by atoms with Gasteiger partial charge < -0.3 is 10.1 Å². The molecular weight excluding hydrogens is 385 g/mol. The zero-order chi connectivity index (χ0) is 19.6. The average molecular weight is 400 g/mol. The number of anilines is 1. The van der Waals surface area contributed by atoms with E-state index in [1.165, 1.54) is 22.2 Å². The summed E-state index contributed by atoms with van der Waals surface area (Å²) in [5.74, 6) is -0.888. The smallest absolute Gasteiger partial charge is 0.422 e. The van der Waals surface area contributed by atoms with Crippen LogP contribution in [0.3, 0.4) is 0 Å². The minimum atomic E-state index is -4.52. The van der Waals surface area contributed by atoms with Gasteiger partial charge in [0.05, 0.1) is 12.4 Å². The molecule has 0 aromatic carbocycles. The van der Waals surface area contributed by atoms with Crippen LogP contribution in [0.5, 0.6) is 5.88 Å². The summed E-state index contributed by atoms with van der Waals surface area (Å²) in [5.41, 5.74) is 0.881. The fourth-order valence-corrected chi connectivity index (χ4v) is 2.83. The molecule has 3 aromatic rings. The van der Waals surface area contributed by atoms with Crippen LogP contribution in [-0.4, -0.2) is 43.7 Å². The minimum Gasteiger partial charge on any atom is -0.465 e. The van der Waals surface area contributed by atoms with Gasteiger partial charge in [-0.15, -0.1) is 16.4 Å². The Morgan fingerprint density at radius 1 is 1.44 bits per heavy atom. The number of carbonyl (C=O) groups excluding carboxylic acids is 1. The summed E-state index contributed by atoms with van der Waals surface area (Å²) in [5, 5.41) is 15.0. The van der Waals surface area contributed by atoms with Crippen molar-refractivity contribution in [3.05, 3.63) is 29.7 Å². The van der Waals surface area contributed by atoms with Crippen LogP contribution in [0.2, 0.25) is 0 Å². The molecule has 3 aromatic heterocycles. The fraction of sp³-hybridized carbons (Fsp3) is 0.333. The molecule has 3 rings (SSSR count). The van der Waals surface area contributed by atoms with Crippen LogP contribution < -0.4 is 10.1 Å². The number of hydrogen-bond acceptors (Lipinski definition) is 6. The van der Waals surface area contributed by atoms with Crippen LogP contribution in [0, 0.1) is 0 Å². The molecule has 0 saturated heterocycles. The Bertz CT molecular complexity index is 917. The van der Waals surface area contributed by atoms with Gasteiger partial charge in [-0.05, 0) is 13.8 Å². The van der Waals surface area contributed by atoms with Gasteiger partial charge in [0.2, 0.25) is 0 Å². The number of aromatic nitrogens is 5. The summed E-state index contributed by atoms with van der Waals surface area (Å²) in [6.45, 7) is 2.08. The van der Waals surface area contributed by atoms with Crippen molar-refractivity contribution < 1.29 is 22.7 Å². The second-order valence-electron chi connectivity index (χ2n) is 5.80. The number of alkyl halides is 3. The minimum absolute atomic E-state index is 0.0378. The lowest BCUT2D eigenvalue weighted by atomic mass is 10.3. The standard InChI is InChI=1S/C15H15F3N6O2S/c1-8(2)24-5-10(13(23-24)26-7-15(16,17)18)21-12(25)11-6-27-14(22-11)9-3-19-20-4-9/h3-6,8H,7H2,1-2H3,(H,19,20)(H,21,25). The molecule has 1 amide bonds. The van der Waals surface area contributed by atoms with E-state index in [-0.39, 0.29) is 23.3 Å². The van der Waals surface area contributed by atoms with Crippen molar-refractivity contribution >= 4 is 22.9 Å². The number of H-pyrrole nitrogens is 1. The van der Waals surface area contributed by atoms with E-state index in [0.29, 0.717) is 5.01 Å². The van der Waals surface area contributed by atoms with Gasteiger partial charge in [0.25, 0.3) is 11.8 Å². The number of thiazole rings is 1. The maximum atomic E-state index is 12.4. The molecule has 3 heterocycles. The highest BCUT2D eigenvalue weighted by molar-refractivity contribution is 7.13. The van der Waals surface area contributed by atoms with Crippen molar-refractivity contribution in [2.45, 2.75) is 26.1 Å². The van der Waals surface area contributed by atoms with E-state index in [1.54, 1.807) is 31.6 Å². The first-order valence-corrected chi connectivity index (χ1v) is 8.65. The Balaban J connectivity index is 1.78. The van der Waals surface area contributed by atoms with E-state index < -0.39 is 18.7 Å². The van der Waals surface area contributed by atoms with Crippen LogP contribution in [-0.2, 0) is 0 Å². The van der Waals surface area contributed by atoms with Gasteiger partial charge in [0, 0.05) is 23.2 Å². The molecule has 2 N–H and O–H groups in total. The number of amides is 1. The van der Waals surface area contributed by atoms with Gasteiger partial charge in [-0.1, -0.05) is 0 Å². The number of ether oxygens (including phenoxy) is 1. The molecule has 0 aliphatic rings. The largest absolute Gasteiger partial charge is 0.465 e. The Kier molecular flexibility index (Phi) is 5.17. The topological polar surface area (TPSA) is 97.7 Å². The summed E-state index contributed by atoms with van der Waals surface area (Å²) in [6.07, 6.45) is 0.0987. The van der Waals surface area contributed by atoms with Crippen molar-refractivity contribution in [1.29, 1.82) is 0 Å². The monoisotopic (exact) mass is 400 g/mol. The number of rotatable bonds is 6. The van der Waals surface area contributed by atoms with Crippen molar-refractivity contribution in [2.75, 3.05) is 11.9 Å². The van der Waals surface area contributed by atoms with Crippen LogP contribution >= 0.6 is 11.3 Å². The van der Waals surface area contributed by atoms with Gasteiger partial charge >= 0.3 is 6.18 Å². The molecule has 0 aliphatic heterocycles. The number of nitrogens with zero attached hydrogens (tertiary/aromatic N) is 4. The number of nitrogens with one attached hydrogen (secondary N) is 2. The Morgan fingerprint density at radius 2 is 2.22 bits per heavy atom. The van der Waals surface area contributed by atoms with Gasteiger partial charge in [-0.25, -0.2) is 4.98 Å². The van der Waals surface area contributed by atoms with Crippen molar-refractivity contribution in [3.8, 4) is 16.5 Å². The van der Waals surface area contributed by atoms with E-state index in [1.807, 2.05) is 0 Å². The Morgan fingerprint density at radius 3 is 2.85 bits per heavy atom. The Labute approximate surface area is 155 Å². The summed E-state index contributed by atoms with van der Waals surface area (Å²) < 4.78 is 43.5. The third kappa shape index (κ3) is 4.64. The number of carbonyl (C=O) groups is 1. The first-order valence-electron chi connectivity index (χ1n) is 7.77. The highest BCUT2D eigenvalue weighted by Crippen LogP contribution is 2.28. The molecule has 0 unspecified atom stereocenters. The summed E-state index contributed by atoms with van der Waals surface area (Å²) in [7, 11) is 0. The molecule has 8 nitrogen and oxygen atoms in total. The average Bonchev–Trinajstić information content (AvgIpc) is 3.32. The van der Waals surface area contributed by atoms with Crippen molar-refractivity contribution in [1.82, 2.24) is 25.0 Å². The predicted octanol–water partition coefficient (Wildman–Crippen LogP) is 3.50. The maximum Gasteiger partial charge on any atom is 0.422 e. The Hall–Kier alpha value is -2.89. The maximum absolute atomic E-state index is 12.4. The molecule has 27 heavy (non-hydrogen) atoms. The second kappa shape index (κ2) is 7.39. The van der Waals surface area contributed by atoms with Crippen LogP contribution in [0.1, 0.15) is 30.4 Å². The van der Waals surface area contributed by atoms with Crippen molar-refractivity contribution in [3.63, 3.8) is 0 Å². The van der Waals surface area contributed by atoms with E-state index in [9.17, 15) is 18.0 Å². The second-order valence-corrected chi connectivity index (χ2v) is 6.66. The molecule has 0 radical (unpaired) electrons. The van der Waals surface area contributed by atoms with Crippen LogP contribution in [0.25, 0.3) is 10.6 Å². The third-order valence-electron chi connectivity index (χ3n) is 3.33. The van der Waals surface area contributed by atoms with Gasteiger partial charge in [0.15, 0.2) is 6.61 Å². The molecule has 0 saturated carbocycles. The van der Waals surface area contributed by atoms with E-state index in [4.69, 9.17) is 4.74 Å². The molecule has 0 fully saturated rings. The highest BCUT2D eigenvalue weighted by atomic mass is 32.1. The number of hydrogen-bond donors (Lipinski definition) is 2. The lowest BCUT2D eigenvalue weighted by Crippen LogP contribution is -2.20. The van der Waals surface area contributed by atoms with Gasteiger partial charge in [0.1, 0.15) is 16.4 Å². The zero-order valence-electron chi connectivity index (χ0n) is 14.2. The first-order chi connectivity index (χ1) is 12.7. The molecule has 144 valence electrons. The fourth-order valence-electron chi connectivity index (χ4n) is 2.05. The molecule has 12 heteroatoms. The van der Waals surface area contributed by atoms with Crippen LogP contribution in [0.4, 0.5) is 18.9 Å². The molecule has 0 atom stereocenters. The van der Waals surface area contributed by atoms with E-state index in [2.05, 4.69) is 25.6 Å². The highest BCUT2D eigenvalue weighted by Gasteiger charge is 2.30. The lowest BCUT2D eigenvalue weighted by molar-refractivity contribution is -0.154. The predicted molar refractivity (Wildman–Crippen MR) is 91.8 cm³/mol. The van der Waals surface area contributed by atoms with Gasteiger partial charge in [-0.3, -0.25) is 14.6 Å². The van der Waals surface area contributed by atoms with E-state index in [0.717, 1.165) is 5.56 Å². The molecule has 0 aliphatic carbocycles. The number of halogens is 3. The van der Waals surface area contributed by atoms with Crippen molar-refractivity contribution in [2.24, 2.45) is 0 Å². The van der Waals surface area contributed by atoms with Gasteiger partial charge in [-0.2, -0.15) is 18.3 Å². The molecule has 0 bridgehead atoms. The summed E-state index contributed by atoms with van der Waals surface area (Å²) in [6, 6.07) is -0.129. The molecular formula is C15H15F3N6O2S. The van der Waals surface area contributed by atoms with Crippen LogP contribution in [0.15, 0.2) is 24.0 Å². The normalized spacial score (nSPS) is 11.8. The lowest BCUT2D eigenvalue weighted by Gasteiger charge is -2.08. The summed E-state index contributed by atoms with van der Waals surface area (Å²) in [4.78, 5) is 16.6.